The first-order valence-electron chi connectivity index (χ1n) is 11.2. The highest BCUT2D eigenvalue weighted by Gasteiger charge is 2.72. The van der Waals surface area contributed by atoms with Gasteiger partial charge in [-0.3, -0.25) is 4.55 Å². The number of carbonyl (C=O) groups is 2. The molecule has 0 radical (unpaired) electrons. The van der Waals surface area contributed by atoms with Gasteiger partial charge in [0.05, 0.1) is 0 Å². The van der Waals surface area contributed by atoms with Crippen molar-refractivity contribution in [1.82, 2.24) is 0 Å². The number of carbonyl (C=O) groups excluding carboxylic acids is 2. The Morgan fingerprint density at radius 3 is 2.47 bits per heavy atom. The minimum atomic E-state index is -5.97. The van der Waals surface area contributed by atoms with Crippen LogP contribution in [-0.4, -0.2) is 72.9 Å². The Morgan fingerprint density at radius 2 is 1.88 bits per heavy atom. The van der Waals surface area contributed by atoms with Crippen LogP contribution < -0.4 is 0 Å². The first kappa shape index (κ1) is 24.3. The fourth-order valence-electron chi connectivity index (χ4n) is 6.50. The number of rotatable bonds is 7. The molecule has 11 nitrogen and oxygen atoms in total. The lowest BCUT2D eigenvalue weighted by molar-refractivity contribution is -0.338. The molecular weight excluding hydrogens is 486 g/mol. The Labute approximate surface area is 194 Å². The van der Waals surface area contributed by atoms with Gasteiger partial charge in [-0.15, -0.1) is 0 Å². The molecule has 2 aliphatic heterocycles. The van der Waals surface area contributed by atoms with Crippen LogP contribution in [0.2, 0.25) is 0 Å². The van der Waals surface area contributed by atoms with Crippen molar-refractivity contribution in [1.29, 1.82) is 0 Å². The predicted octanol–water partition coefficient (Wildman–Crippen LogP) is 1.35. The van der Waals surface area contributed by atoms with E-state index in [1.807, 2.05) is 0 Å². The maximum absolute atomic E-state index is 13.9. The van der Waals surface area contributed by atoms with Gasteiger partial charge in [-0.1, -0.05) is 0 Å². The summed E-state index contributed by atoms with van der Waals surface area (Å²) in [6, 6.07) is 0. The van der Waals surface area contributed by atoms with Crippen LogP contribution in [0.5, 0.6) is 0 Å². The molecule has 192 valence electrons. The third-order valence-electron chi connectivity index (χ3n) is 7.53. The summed E-state index contributed by atoms with van der Waals surface area (Å²) >= 11 is 0. The first-order chi connectivity index (χ1) is 15.8. The fourth-order valence-corrected chi connectivity index (χ4v) is 6.75. The van der Waals surface area contributed by atoms with Crippen molar-refractivity contribution >= 4 is 22.1 Å². The second kappa shape index (κ2) is 7.77. The van der Waals surface area contributed by atoms with E-state index in [0.29, 0.717) is 25.9 Å². The summed E-state index contributed by atoms with van der Waals surface area (Å²) in [5, 5.41) is -5.07. The lowest BCUT2D eigenvalue weighted by Crippen LogP contribution is -2.66. The van der Waals surface area contributed by atoms with E-state index in [0.717, 1.165) is 0 Å². The van der Waals surface area contributed by atoms with E-state index in [9.17, 15) is 26.8 Å². The third kappa shape index (κ3) is 3.56. The van der Waals surface area contributed by atoms with Crippen molar-refractivity contribution in [2.45, 2.75) is 87.4 Å². The maximum Gasteiger partial charge on any atom is 0.465 e. The van der Waals surface area contributed by atoms with E-state index in [1.165, 1.54) is 0 Å². The van der Waals surface area contributed by atoms with Crippen LogP contribution in [0.1, 0.15) is 46.0 Å². The zero-order valence-corrected chi connectivity index (χ0v) is 19.3. The van der Waals surface area contributed by atoms with E-state index in [1.54, 1.807) is 13.8 Å². The van der Waals surface area contributed by atoms with Crippen LogP contribution in [0.25, 0.3) is 0 Å². The monoisotopic (exact) mass is 512 g/mol. The molecule has 4 bridgehead atoms. The SMILES string of the molecule is CCOC(C)OC1C(=O)OC2OC3(OC21)C1CC2CC3CC(OC(=O)C(F)(F)S(=O)(=O)O)(C2)C1. The molecule has 14 heteroatoms. The van der Waals surface area contributed by atoms with Crippen LogP contribution in [0, 0.1) is 17.8 Å². The van der Waals surface area contributed by atoms with Crippen molar-refractivity contribution in [2.24, 2.45) is 17.8 Å². The topological polar surface area (TPSA) is 144 Å². The summed E-state index contributed by atoms with van der Waals surface area (Å²) in [5.41, 5.74) is -1.33. The predicted molar refractivity (Wildman–Crippen MR) is 103 cm³/mol. The summed E-state index contributed by atoms with van der Waals surface area (Å²) in [4.78, 5) is 24.3. The van der Waals surface area contributed by atoms with Gasteiger partial charge >= 0.3 is 27.3 Å². The van der Waals surface area contributed by atoms with Gasteiger partial charge in [-0.25, -0.2) is 9.59 Å². The number of alkyl halides is 2. The molecule has 0 aromatic carbocycles. The number of esters is 2. The molecule has 6 unspecified atom stereocenters. The Morgan fingerprint density at radius 1 is 1.24 bits per heavy atom. The Kier molecular flexibility index (Phi) is 5.54. The van der Waals surface area contributed by atoms with E-state index < -0.39 is 63.5 Å². The van der Waals surface area contributed by atoms with Gasteiger partial charge in [0.15, 0.2) is 24.3 Å². The average molecular weight is 512 g/mol. The molecular formula is C20H26F2O11S. The minimum absolute atomic E-state index is 0.0236. The molecule has 0 amide bonds. The minimum Gasteiger partial charge on any atom is -0.454 e. The van der Waals surface area contributed by atoms with Gasteiger partial charge in [-0.05, 0) is 51.9 Å². The number of fused-ring (bicyclic) bond motifs is 1. The molecule has 1 spiro atoms. The molecule has 6 aliphatic rings. The highest BCUT2D eigenvalue weighted by Crippen LogP contribution is 2.65. The van der Waals surface area contributed by atoms with Crippen LogP contribution in [0.4, 0.5) is 8.78 Å². The second-order valence-corrected chi connectivity index (χ2v) is 11.2. The van der Waals surface area contributed by atoms with Crippen LogP contribution in [0.15, 0.2) is 0 Å². The van der Waals surface area contributed by atoms with Crippen LogP contribution >= 0.6 is 0 Å². The van der Waals surface area contributed by atoms with Crippen LogP contribution in [0.3, 0.4) is 0 Å². The zero-order valence-electron chi connectivity index (χ0n) is 18.5. The molecule has 1 N–H and O–H groups in total. The average Bonchev–Trinajstić information content (AvgIpc) is 3.21. The molecule has 4 saturated carbocycles. The van der Waals surface area contributed by atoms with Gasteiger partial charge in [0.2, 0.25) is 6.29 Å². The molecule has 2 heterocycles. The van der Waals surface area contributed by atoms with Gasteiger partial charge < -0.3 is 28.4 Å². The largest absolute Gasteiger partial charge is 0.465 e. The zero-order chi connectivity index (χ0) is 24.7. The van der Waals surface area contributed by atoms with Crippen molar-refractivity contribution in [3.8, 4) is 0 Å². The molecule has 0 aromatic heterocycles. The van der Waals surface area contributed by atoms with Gasteiger partial charge in [-0.2, -0.15) is 17.2 Å². The Balaban J connectivity index is 1.34. The van der Waals surface area contributed by atoms with E-state index in [2.05, 4.69) is 0 Å². The summed E-state index contributed by atoms with van der Waals surface area (Å²) in [6.07, 6.45) is -1.90. The van der Waals surface area contributed by atoms with Crippen molar-refractivity contribution in [3.63, 3.8) is 0 Å². The van der Waals surface area contributed by atoms with Crippen LogP contribution in [-0.2, 0) is 48.1 Å². The molecule has 34 heavy (non-hydrogen) atoms. The molecule has 0 aromatic rings. The molecule has 6 fully saturated rings. The van der Waals surface area contributed by atoms with E-state index in [-0.39, 0.29) is 30.6 Å². The fraction of sp³-hybridized carbons (Fsp3) is 0.900. The Hall–Kier alpha value is -1.45. The van der Waals surface area contributed by atoms with Gasteiger partial charge in [0, 0.05) is 18.4 Å². The molecule has 6 rings (SSSR count). The third-order valence-corrected chi connectivity index (χ3v) is 8.35. The quantitative estimate of drug-likeness (QED) is 0.300. The van der Waals surface area contributed by atoms with Gasteiger partial charge in [0.25, 0.3) is 0 Å². The summed E-state index contributed by atoms with van der Waals surface area (Å²) in [6.45, 7) is 3.79. The lowest BCUT2D eigenvalue weighted by Gasteiger charge is -2.62. The first-order valence-corrected chi connectivity index (χ1v) is 12.7. The molecule has 6 atom stereocenters. The maximum atomic E-state index is 13.9. The normalized spacial score (nSPS) is 43.7. The van der Waals surface area contributed by atoms with E-state index in [4.69, 9.17) is 33.0 Å². The summed E-state index contributed by atoms with van der Waals surface area (Å²) < 4.78 is 92.3. The van der Waals surface area contributed by atoms with E-state index >= 15 is 0 Å². The number of halogens is 2. The second-order valence-electron chi connectivity index (χ2n) is 9.71. The summed E-state index contributed by atoms with van der Waals surface area (Å²) in [7, 11) is -5.97. The van der Waals surface area contributed by atoms with Crippen molar-refractivity contribution in [2.75, 3.05) is 6.61 Å². The Bertz CT molecular complexity index is 969. The lowest BCUT2D eigenvalue weighted by atomic mass is 9.51. The number of hydrogen-bond donors (Lipinski definition) is 1. The van der Waals surface area contributed by atoms with Crippen molar-refractivity contribution in [3.05, 3.63) is 0 Å². The van der Waals surface area contributed by atoms with Crippen molar-refractivity contribution < 1.29 is 59.8 Å². The number of hydrogen-bond acceptors (Lipinski definition) is 10. The highest BCUT2D eigenvalue weighted by atomic mass is 32.2. The number of ether oxygens (including phenoxy) is 6. The highest BCUT2D eigenvalue weighted by molar-refractivity contribution is 7.87. The standard InChI is InChI=1S/C20H26F2O11S/c1-3-28-9(2)29-13-14-16(30-15(13)23)32-19(31-14)11-4-10-5-12(19)8-18(6-10,7-11)33-17(24)20(21,22)34(25,26)27/h9-14,16H,3-8H2,1-2H3,(H,25,26,27). The summed E-state index contributed by atoms with van der Waals surface area (Å²) in [5.74, 6) is -4.84. The molecule has 2 saturated heterocycles. The smallest absolute Gasteiger partial charge is 0.454 e. The van der Waals surface area contributed by atoms with Gasteiger partial charge in [0.1, 0.15) is 5.60 Å². The molecule has 4 aliphatic carbocycles.